The lowest BCUT2D eigenvalue weighted by molar-refractivity contribution is 0.0513. The third kappa shape index (κ3) is 3.10. The van der Waals surface area contributed by atoms with Gasteiger partial charge in [0.2, 0.25) is 0 Å². The first-order valence-electron chi connectivity index (χ1n) is 5.89. The van der Waals surface area contributed by atoms with Gasteiger partial charge in [-0.3, -0.25) is 4.79 Å². The number of rotatable bonds is 5. The molecular formula is C13H12F3NO2S. The lowest BCUT2D eigenvalue weighted by atomic mass is 10.2. The fourth-order valence-electron chi connectivity index (χ4n) is 1.85. The number of thiophene rings is 1. The van der Waals surface area contributed by atoms with Gasteiger partial charge >= 0.3 is 0 Å². The molecule has 1 aromatic carbocycles. The van der Waals surface area contributed by atoms with Crippen molar-refractivity contribution < 1.29 is 23.1 Å². The maximum Gasteiger partial charge on any atom is 0.264 e. The van der Waals surface area contributed by atoms with Crippen LogP contribution in [0.5, 0.6) is 0 Å². The Morgan fingerprint density at radius 3 is 2.75 bits per heavy atom. The van der Waals surface area contributed by atoms with Crippen LogP contribution in [-0.4, -0.2) is 42.0 Å². The van der Waals surface area contributed by atoms with Gasteiger partial charge in [-0.05, 0) is 18.2 Å². The van der Waals surface area contributed by atoms with E-state index in [0.29, 0.717) is 10.1 Å². The summed E-state index contributed by atoms with van der Waals surface area (Å²) in [6.45, 7) is -1.34. The van der Waals surface area contributed by atoms with Crippen LogP contribution in [0.15, 0.2) is 24.3 Å². The van der Waals surface area contributed by atoms with E-state index in [1.165, 1.54) is 18.2 Å². The predicted octanol–water partition coefficient (Wildman–Crippen LogP) is 2.74. The van der Waals surface area contributed by atoms with E-state index in [4.69, 9.17) is 5.11 Å². The van der Waals surface area contributed by atoms with E-state index >= 15 is 0 Å². The molecule has 0 aliphatic heterocycles. The summed E-state index contributed by atoms with van der Waals surface area (Å²) in [6.07, 6.45) is -2.68. The van der Waals surface area contributed by atoms with Gasteiger partial charge in [0.15, 0.2) is 0 Å². The number of hydrogen-bond acceptors (Lipinski definition) is 3. The molecule has 0 bridgehead atoms. The first-order chi connectivity index (χ1) is 9.52. The Labute approximate surface area is 117 Å². The van der Waals surface area contributed by atoms with Crippen molar-refractivity contribution in [3.63, 3.8) is 0 Å². The van der Waals surface area contributed by atoms with Gasteiger partial charge < -0.3 is 10.0 Å². The smallest absolute Gasteiger partial charge is 0.264 e. The van der Waals surface area contributed by atoms with Crippen LogP contribution in [0.25, 0.3) is 10.1 Å². The number of carbonyl (C=O) groups excluding carboxylic acids is 1. The van der Waals surface area contributed by atoms with Crippen molar-refractivity contribution in [1.29, 1.82) is 0 Å². The fourth-order valence-corrected chi connectivity index (χ4v) is 2.89. The second-order valence-electron chi connectivity index (χ2n) is 4.13. The summed E-state index contributed by atoms with van der Waals surface area (Å²) in [5.74, 6) is -1.08. The zero-order valence-corrected chi connectivity index (χ0v) is 11.2. The van der Waals surface area contributed by atoms with Gasteiger partial charge in [0.25, 0.3) is 12.3 Å². The topological polar surface area (TPSA) is 40.5 Å². The normalized spacial score (nSPS) is 11.2. The second-order valence-corrected chi connectivity index (χ2v) is 5.21. The Morgan fingerprint density at radius 2 is 2.15 bits per heavy atom. The van der Waals surface area contributed by atoms with E-state index < -0.39 is 31.3 Å². The molecule has 3 nitrogen and oxygen atoms in total. The van der Waals surface area contributed by atoms with E-state index in [9.17, 15) is 18.0 Å². The van der Waals surface area contributed by atoms with Gasteiger partial charge in [-0.2, -0.15) is 0 Å². The molecule has 1 heterocycles. The molecule has 0 saturated carbocycles. The predicted molar refractivity (Wildman–Crippen MR) is 70.8 cm³/mol. The van der Waals surface area contributed by atoms with Gasteiger partial charge in [0.05, 0.1) is 18.0 Å². The monoisotopic (exact) mass is 303 g/mol. The number of fused-ring (bicyclic) bond motifs is 1. The van der Waals surface area contributed by atoms with Crippen molar-refractivity contribution in [2.45, 2.75) is 6.43 Å². The van der Waals surface area contributed by atoms with Crippen LogP contribution in [0.3, 0.4) is 0 Å². The maximum atomic E-state index is 13.5. The molecule has 7 heteroatoms. The van der Waals surface area contributed by atoms with E-state index in [1.807, 2.05) is 0 Å². The van der Waals surface area contributed by atoms with Gasteiger partial charge in [-0.15, -0.1) is 11.3 Å². The highest BCUT2D eigenvalue weighted by Gasteiger charge is 2.21. The van der Waals surface area contributed by atoms with Gasteiger partial charge in [0.1, 0.15) is 5.82 Å². The quantitative estimate of drug-likeness (QED) is 0.922. The summed E-state index contributed by atoms with van der Waals surface area (Å²) in [5, 5.41) is 9.13. The lowest BCUT2D eigenvalue weighted by Gasteiger charge is -2.20. The Kier molecular flexibility index (Phi) is 4.61. The molecular weight excluding hydrogens is 291 g/mol. The Morgan fingerprint density at radius 1 is 1.40 bits per heavy atom. The molecule has 0 radical (unpaired) electrons. The van der Waals surface area contributed by atoms with Crippen molar-refractivity contribution in [2.75, 3.05) is 19.7 Å². The standard InChI is InChI=1S/C13H12F3NO2S/c14-9-2-1-3-10-8(9)6-11(20-10)13(19)17(4-5-18)7-12(15)16/h1-3,6,12,18H,4-5,7H2. The minimum Gasteiger partial charge on any atom is -0.395 e. The average molecular weight is 303 g/mol. The number of hydrogen-bond donors (Lipinski definition) is 1. The Bertz CT molecular complexity index is 615. The summed E-state index contributed by atoms with van der Waals surface area (Å²) in [6, 6.07) is 5.80. The molecule has 0 aliphatic carbocycles. The molecule has 0 atom stereocenters. The number of nitrogens with zero attached hydrogens (tertiary/aromatic N) is 1. The second kappa shape index (κ2) is 6.23. The molecule has 1 aromatic heterocycles. The van der Waals surface area contributed by atoms with Crippen LogP contribution in [0.1, 0.15) is 9.67 Å². The van der Waals surface area contributed by atoms with Crippen LogP contribution >= 0.6 is 11.3 Å². The lowest BCUT2D eigenvalue weighted by Crippen LogP contribution is -2.36. The van der Waals surface area contributed by atoms with Gasteiger partial charge in [-0.25, -0.2) is 13.2 Å². The third-order valence-electron chi connectivity index (χ3n) is 2.73. The van der Waals surface area contributed by atoms with E-state index in [0.717, 1.165) is 16.2 Å². The zero-order valence-electron chi connectivity index (χ0n) is 10.4. The number of halogens is 3. The molecule has 108 valence electrons. The number of amides is 1. The van der Waals surface area contributed by atoms with Gasteiger partial charge in [-0.1, -0.05) is 6.07 Å². The van der Waals surface area contributed by atoms with Gasteiger partial charge in [0, 0.05) is 16.6 Å². The van der Waals surface area contributed by atoms with Crippen molar-refractivity contribution in [3.05, 3.63) is 35.0 Å². The highest BCUT2D eigenvalue weighted by atomic mass is 32.1. The van der Waals surface area contributed by atoms with Crippen LogP contribution in [-0.2, 0) is 0 Å². The highest BCUT2D eigenvalue weighted by molar-refractivity contribution is 7.20. The SMILES string of the molecule is O=C(c1cc2c(F)cccc2s1)N(CCO)CC(F)F. The van der Waals surface area contributed by atoms with Crippen LogP contribution in [0, 0.1) is 5.82 Å². The van der Waals surface area contributed by atoms with E-state index in [-0.39, 0.29) is 11.4 Å². The third-order valence-corrected chi connectivity index (χ3v) is 3.82. The summed E-state index contributed by atoms with van der Waals surface area (Å²) in [5.41, 5.74) is 0. The summed E-state index contributed by atoms with van der Waals surface area (Å²) in [7, 11) is 0. The molecule has 0 unspecified atom stereocenters. The number of aliphatic hydroxyl groups excluding tert-OH is 1. The molecule has 0 saturated heterocycles. The van der Waals surface area contributed by atoms with Crippen molar-refractivity contribution in [1.82, 2.24) is 4.90 Å². The van der Waals surface area contributed by atoms with E-state index in [1.54, 1.807) is 6.07 Å². The van der Waals surface area contributed by atoms with E-state index in [2.05, 4.69) is 0 Å². The minimum absolute atomic E-state index is 0.180. The molecule has 1 N–H and O–H groups in total. The first-order valence-corrected chi connectivity index (χ1v) is 6.71. The molecule has 0 fully saturated rings. The minimum atomic E-state index is -2.68. The summed E-state index contributed by atoms with van der Waals surface area (Å²) in [4.78, 5) is 13.2. The van der Waals surface area contributed by atoms with Crippen LogP contribution in [0.4, 0.5) is 13.2 Å². The number of carbonyl (C=O) groups is 1. The number of benzene rings is 1. The molecule has 2 aromatic rings. The zero-order chi connectivity index (χ0) is 14.7. The summed E-state index contributed by atoms with van der Waals surface area (Å²) >= 11 is 1.04. The molecule has 0 spiro atoms. The Hall–Kier alpha value is -1.60. The van der Waals surface area contributed by atoms with Crippen molar-refractivity contribution >= 4 is 27.3 Å². The van der Waals surface area contributed by atoms with Crippen molar-refractivity contribution in [3.8, 4) is 0 Å². The largest absolute Gasteiger partial charge is 0.395 e. The fraction of sp³-hybridized carbons (Fsp3) is 0.308. The molecule has 2 rings (SSSR count). The highest BCUT2D eigenvalue weighted by Crippen LogP contribution is 2.28. The number of aliphatic hydroxyl groups is 1. The Balaban J connectivity index is 2.31. The number of alkyl halides is 2. The molecule has 1 amide bonds. The first kappa shape index (κ1) is 14.8. The molecule has 20 heavy (non-hydrogen) atoms. The average Bonchev–Trinajstić information content (AvgIpc) is 2.82. The van der Waals surface area contributed by atoms with Crippen LogP contribution < -0.4 is 0 Å². The maximum absolute atomic E-state index is 13.5. The van der Waals surface area contributed by atoms with Crippen LogP contribution in [0.2, 0.25) is 0 Å². The molecule has 0 aliphatic rings. The van der Waals surface area contributed by atoms with Crippen molar-refractivity contribution in [2.24, 2.45) is 0 Å². The summed E-state index contributed by atoms with van der Waals surface area (Å²) < 4.78 is 39.0.